The minimum Gasteiger partial charge on any atom is -0.354 e. The van der Waals surface area contributed by atoms with Gasteiger partial charge in [-0.3, -0.25) is 10.00 Å². The van der Waals surface area contributed by atoms with E-state index in [4.69, 9.17) is 9.97 Å². The average Bonchev–Trinajstić information content (AvgIpc) is 3.60. The number of hydrogen-bond acceptors (Lipinski definition) is 8. The van der Waals surface area contributed by atoms with Crippen molar-refractivity contribution in [3.05, 3.63) is 95.3 Å². The Balaban J connectivity index is 1.07. The molecule has 1 fully saturated rings. The van der Waals surface area contributed by atoms with Crippen LogP contribution in [0.3, 0.4) is 0 Å². The zero-order chi connectivity index (χ0) is 27.6. The highest BCUT2D eigenvalue weighted by Gasteiger charge is 2.23. The number of aromatic nitrogens is 8. The van der Waals surface area contributed by atoms with Crippen molar-refractivity contribution < 1.29 is 4.39 Å². The maximum atomic E-state index is 13.3. The quantitative estimate of drug-likeness (QED) is 0.331. The summed E-state index contributed by atoms with van der Waals surface area (Å²) < 4.78 is 14.7. The second kappa shape index (κ2) is 10.9. The van der Waals surface area contributed by atoms with Crippen LogP contribution >= 0.6 is 0 Å². The van der Waals surface area contributed by atoms with E-state index in [9.17, 15) is 4.39 Å². The SMILES string of the molecule is Cc1cc(Cc2cc(C)[nH]n2)nc(-c2ccc(N3CCN(C(C)c4ccc(-n5cc(F)cn5)nc4)CC3)nc2)n1. The van der Waals surface area contributed by atoms with Gasteiger partial charge in [0.2, 0.25) is 0 Å². The lowest BCUT2D eigenvalue weighted by molar-refractivity contribution is 0.198. The molecule has 1 aliphatic rings. The molecule has 1 atom stereocenters. The third kappa shape index (κ3) is 5.59. The number of hydrogen-bond donors (Lipinski definition) is 1. The highest BCUT2D eigenvalue weighted by atomic mass is 19.1. The van der Waals surface area contributed by atoms with Gasteiger partial charge in [-0.1, -0.05) is 6.07 Å². The number of aryl methyl sites for hydroxylation is 2. The van der Waals surface area contributed by atoms with Crippen molar-refractivity contribution in [3.8, 4) is 17.2 Å². The number of aromatic amines is 1. The van der Waals surface area contributed by atoms with Gasteiger partial charge < -0.3 is 4.90 Å². The van der Waals surface area contributed by atoms with Gasteiger partial charge in [-0.15, -0.1) is 0 Å². The van der Waals surface area contributed by atoms with Crippen molar-refractivity contribution in [1.29, 1.82) is 0 Å². The van der Waals surface area contributed by atoms with Gasteiger partial charge in [0.1, 0.15) is 5.82 Å². The van der Waals surface area contributed by atoms with Gasteiger partial charge in [-0.25, -0.2) is 29.0 Å². The summed E-state index contributed by atoms with van der Waals surface area (Å²) in [5, 5.41) is 11.3. The van der Waals surface area contributed by atoms with Crippen molar-refractivity contribution in [2.75, 3.05) is 31.1 Å². The minimum absolute atomic E-state index is 0.214. The Morgan fingerprint density at radius 3 is 2.35 bits per heavy atom. The summed E-state index contributed by atoms with van der Waals surface area (Å²) in [7, 11) is 0. The highest BCUT2D eigenvalue weighted by Crippen LogP contribution is 2.25. The number of rotatable bonds is 7. The molecule has 0 spiro atoms. The first-order chi connectivity index (χ1) is 19.4. The van der Waals surface area contributed by atoms with Gasteiger partial charge in [0.15, 0.2) is 17.5 Å². The zero-order valence-corrected chi connectivity index (χ0v) is 22.8. The molecule has 1 saturated heterocycles. The Morgan fingerprint density at radius 1 is 0.900 bits per heavy atom. The van der Waals surface area contributed by atoms with Crippen molar-refractivity contribution in [3.63, 3.8) is 0 Å². The summed E-state index contributed by atoms with van der Waals surface area (Å²) in [6.45, 7) is 9.74. The van der Waals surface area contributed by atoms with Gasteiger partial charge in [-0.2, -0.15) is 10.2 Å². The Hall–Kier alpha value is -4.51. The lowest BCUT2D eigenvalue weighted by Gasteiger charge is -2.38. The molecule has 6 rings (SSSR count). The summed E-state index contributed by atoms with van der Waals surface area (Å²) in [5.41, 5.74) is 5.86. The number of halogens is 1. The fraction of sp³-hybridized carbons (Fsp3) is 0.310. The molecular formula is C29H31FN10. The average molecular weight is 539 g/mol. The van der Waals surface area contributed by atoms with E-state index < -0.39 is 0 Å². The van der Waals surface area contributed by atoms with E-state index >= 15 is 0 Å². The molecule has 0 bridgehead atoms. The Bertz CT molecular complexity index is 1580. The number of anilines is 1. The molecule has 1 N–H and O–H groups in total. The smallest absolute Gasteiger partial charge is 0.161 e. The molecule has 0 aromatic carbocycles. The van der Waals surface area contributed by atoms with Crippen LogP contribution < -0.4 is 4.90 Å². The zero-order valence-electron chi connectivity index (χ0n) is 22.8. The standard InChI is InChI=1S/C29H31FN10/c1-19-12-25(14-26-13-20(2)36-37-26)35-29(34-19)23-5-6-27(31-16-23)39-10-8-38(9-11-39)21(3)22-4-7-28(32-15-22)40-18-24(30)17-33-40/h4-7,12-13,15-18,21H,8-11,14H2,1-3H3,(H,36,37). The van der Waals surface area contributed by atoms with Gasteiger partial charge in [0.25, 0.3) is 0 Å². The topological polar surface area (TPSA) is 105 Å². The van der Waals surface area contributed by atoms with Gasteiger partial charge in [0.05, 0.1) is 23.8 Å². The van der Waals surface area contributed by atoms with Gasteiger partial charge in [0, 0.05) is 68.0 Å². The lowest BCUT2D eigenvalue weighted by atomic mass is 10.1. The molecule has 0 amide bonds. The van der Waals surface area contributed by atoms with Crippen LogP contribution in [0.1, 0.15) is 41.3 Å². The Morgan fingerprint density at radius 2 is 1.70 bits per heavy atom. The number of nitrogens with zero attached hydrogens (tertiary/aromatic N) is 9. The number of pyridine rings is 2. The number of piperazine rings is 1. The number of H-pyrrole nitrogens is 1. The van der Waals surface area contributed by atoms with E-state index in [0.29, 0.717) is 18.1 Å². The van der Waals surface area contributed by atoms with Crippen LogP contribution in [-0.4, -0.2) is 71.0 Å². The normalized spacial score (nSPS) is 14.9. The second-order valence-electron chi connectivity index (χ2n) is 10.2. The van der Waals surface area contributed by atoms with E-state index in [1.54, 1.807) is 0 Å². The Labute approximate surface area is 232 Å². The van der Waals surface area contributed by atoms with Crippen molar-refractivity contribution in [2.24, 2.45) is 0 Å². The van der Waals surface area contributed by atoms with Crippen LogP contribution in [0.4, 0.5) is 10.2 Å². The highest BCUT2D eigenvalue weighted by molar-refractivity contribution is 5.57. The largest absolute Gasteiger partial charge is 0.354 e. The van der Waals surface area contributed by atoms with E-state index in [1.807, 2.05) is 56.6 Å². The summed E-state index contributed by atoms with van der Waals surface area (Å²) in [4.78, 5) is 23.4. The van der Waals surface area contributed by atoms with E-state index in [0.717, 1.165) is 65.9 Å². The first kappa shape index (κ1) is 25.8. The van der Waals surface area contributed by atoms with E-state index in [-0.39, 0.29) is 11.9 Å². The predicted octanol–water partition coefficient (Wildman–Crippen LogP) is 4.07. The molecule has 0 aliphatic carbocycles. The first-order valence-corrected chi connectivity index (χ1v) is 13.4. The van der Waals surface area contributed by atoms with Crippen LogP contribution in [0.5, 0.6) is 0 Å². The molecule has 5 aromatic rings. The third-order valence-electron chi connectivity index (χ3n) is 7.26. The molecular weight excluding hydrogens is 507 g/mol. The summed E-state index contributed by atoms with van der Waals surface area (Å²) in [6.07, 6.45) is 6.86. The van der Waals surface area contributed by atoms with Gasteiger partial charge in [-0.05, 0) is 56.7 Å². The maximum Gasteiger partial charge on any atom is 0.161 e. The van der Waals surface area contributed by atoms with Crippen molar-refractivity contribution >= 4 is 5.82 Å². The minimum atomic E-state index is -0.379. The predicted molar refractivity (Wildman–Crippen MR) is 150 cm³/mol. The first-order valence-electron chi connectivity index (χ1n) is 13.4. The van der Waals surface area contributed by atoms with Crippen LogP contribution in [0, 0.1) is 19.7 Å². The summed E-state index contributed by atoms with van der Waals surface area (Å²) in [5.74, 6) is 1.85. The molecule has 1 unspecified atom stereocenters. The number of nitrogens with one attached hydrogen (secondary N) is 1. The molecule has 11 heteroatoms. The Kier molecular flexibility index (Phi) is 7.04. The second-order valence-corrected chi connectivity index (χ2v) is 10.2. The van der Waals surface area contributed by atoms with E-state index in [1.165, 1.54) is 17.1 Å². The van der Waals surface area contributed by atoms with Crippen LogP contribution in [0.25, 0.3) is 17.2 Å². The summed E-state index contributed by atoms with van der Waals surface area (Å²) in [6, 6.07) is 12.3. The fourth-order valence-electron chi connectivity index (χ4n) is 5.06. The van der Waals surface area contributed by atoms with Crippen LogP contribution in [-0.2, 0) is 6.42 Å². The molecule has 5 aromatic heterocycles. The molecule has 40 heavy (non-hydrogen) atoms. The molecule has 6 heterocycles. The van der Waals surface area contributed by atoms with Crippen LogP contribution in [0.15, 0.2) is 61.2 Å². The van der Waals surface area contributed by atoms with Crippen molar-refractivity contribution in [2.45, 2.75) is 33.2 Å². The molecule has 1 aliphatic heterocycles. The summed E-state index contributed by atoms with van der Waals surface area (Å²) >= 11 is 0. The van der Waals surface area contributed by atoms with Gasteiger partial charge >= 0.3 is 0 Å². The molecule has 204 valence electrons. The fourth-order valence-corrected chi connectivity index (χ4v) is 5.06. The third-order valence-corrected chi connectivity index (χ3v) is 7.26. The maximum absolute atomic E-state index is 13.3. The van der Waals surface area contributed by atoms with Crippen molar-refractivity contribution in [1.82, 2.24) is 44.8 Å². The molecule has 0 radical (unpaired) electrons. The molecule has 10 nitrogen and oxygen atoms in total. The van der Waals surface area contributed by atoms with E-state index in [2.05, 4.69) is 48.1 Å². The monoisotopic (exact) mass is 538 g/mol. The lowest BCUT2D eigenvalue weighted by Crippen LogP contribution is -2.47. The molecule has 0 saturated carbocycles. The van der Waals surface area contributed by atoms with Crippen LogP contribution in [0.2, 0.25) is 0 Å².